The van der Waals surface area contributed by atoms with Crippen LogP contribution in [0.15, 0.2) is 58.3 Å². The van der Waals surface area contributed by atoms with Gasteiger partial charge in [-0.2, -0.15) is 0 Å². The number of benzene rings is 2. The highest BCUT2D eigenvalue weighted by molar-refractivity contribution is 7.13. The van der Waals surface area contributed by atoms with Gasteiger partial charge in [0.25, 0.3) is 5.91 Å². The van der Waals surface area contributed by atoms with Gasteiger partial charge in [0.1, 0.15) is 22.0 Å². The van der Waals surface area contributed by atoms with Gasteiger partial charge in [-0.25, -0.2) is 9.97 Å². The molecule has 164 valence electrons. The van der Waals surface area contributed by atoms with Crippen molar-refractivity contribution in [3.05, 3.63) is 65.5 Å². The Hall–Kier alpha value is -3.19. The molecule has 0 aliphatic carbocycles. The van der Waals surface area contributed by atoms with Crippen LogP contribution in [0.1, 0.15) is 49.0 Å². The van der Waals surface area contributed by atoms with Gasteiger partial charge < -0.3 is 14.1 Å². The summed E-state index contributed by atoms with van der Waals surface area (Å²) in [6.45, 7) is 5.33. The van der Waals surface area contributed by atoms with E-state index in [-0.39, 0.29) is 17.9 Å². The second-order valence-electron chi connectivity index (χ2n) is 8.34. The van der Waals surface area contributed by atoms with Gasteiger partial charge in [0.05, 0.1) is 12.0 Å². The summed E-state index contributed by atoms with van der Waals surface area (Å²) in [5.41, 5.74) is 3.12. The molecule has 2 aromatic carbocycles. The smallest absolute Gasteiger partial charge is 0.273 e. The topological polar surface area (TPSA) is 68.5 Å². The highest BCUT2D eigenvalue weighted by atomic mass is 32.1. The maximum atomic E-state index is 13.2. The summed E-state index contributed by atoms with van der Waals surface area (Å²) in [5, 5.41) is 2.68. The van der Waals surface area contributed by atoms with Crippen molar-refractivity contribution in [2.75, 3.05) is 13.1 Å². The summed E-state index contributed by atoms with van der Waals surface area (Å²) in [6.07, 6.45) is 2.01. The summed E-state index contributed by atoms with van der Waals surface area (Å²) in [4.78, 5) is 24.3. The van der Waals surface area contributed by atoms with Crippen LogP contribution in [0.3, 0.4) is 0 Å². The predicted molar refractivity (Wildman–Crippen MR) is 125 cm³/mol. The number of likely N-dealkylation sites (tertiary alicyclic amines) is 1. The van der Waals surface area contributed by atoms with Crippen LogP contribution in [-0.2, 0) is 0 Å². The fraction of sp³-hybridized carbons (Fsp3) is 0.320. The van der Waals surface area contributed by atoms with E-state index in [1.165, 1.54) is 11.3 Å². The molecule has 1 saturated heterocycles. The van der Waals surface area contributed by atoms with E-state index >= 15 is 0 Å². The molecule has 1 atom stereocenters. The second-order valence-corrected chi connectivity index (χ2v) is 9.20. The molecular weight excluding hydrogens is 422 g/mol. The molecule has 32 heavy (non-hydrogen) atoms. The number of amides is 1. The third-order valence-corrected chi connectivity index (χ3v) is 6.46. The Bertz CT molecular complexity index is 1200. The lowest BCUT2D eigenvalue weighted by molar-refractivity contribution is 0.0694. The van der Waals surface area contributed by atoms with E-state index in [0.29, 0.717) is 18.1 Å². The van der Waals surface area contributed by atoms with Crippen LogP contribution in [0.25, 0.3) is 21.7 Å². The van der Waals surface area contributed by atoms with Crippen molar-refractivity contribution < 1.29 is 13.9 Å². The average Bonchev–Trinajstić information content (AvgIpc) is 3.46. The van der Waals surface area contributed by atoms with Crippen LogP contribution in [0, 0.1) is 0 Å². The molecule has 0 saturated carbocycles. The molecule has 1 aliphatic heterocycles. The summed E-state index contributed by atoms with van der Waals surface area (Å²) < 4.78 is 11.7. The molecule has 0 spiro atoms. The minimum absolute atomic E-state index is 0.0342. The zero-order chi connectivity index (χ0) is 22.1. The lowest BCUT2D eigenvalue weighted by Gasteiger charge is -2.30. The maximum absolute atomic E-state index is 13.2. The van der Waals surface area contributed by atoms with E-state index < -0.39 is 0 Å². The number of nitrogens with zero attached hydrogens (tertiary/aromatic N) is 3. The van der Waals surface area contributed by atoms with E-state index in [4.69, 9.17) is 9.15 Å². The van der Waals surface area contributed by atoms with E-state index in [1.807, 2.05) is 72.7 Å². The number of ether oxygens (including phenoxy) is 1. The molecule has 6 nitrogen and oxygen atoms in total. The van der Waals surface area contributed by atoms with Gasteiger partial charge in [-0.05, 0) is 63.1 Å². The summed E-state index contributed by atoms with van der Waals surface area (Å²) in [6, 6.07) is 15.6. The lowest BCUT2D eigenvalue weighted by atomic mass is 9.98. The summed E-state index contributed by atoms with van der Waals surface area (Å²) >= 11 is 1.48. The molecule has 4 aromatic rings. The van der Waals surface area contributed by atoms with Crippen molar-refractivity contribution in [3.8, 4) is 16.3 Å². The minimum Gasteiger partial charge on any atom is -0.491 e. The molecule has 0 N–H and O–H groups in total. The number of piperidine rings is 1. The second kappa shape index (κ2) is 8.74. The van der Waals surface area contributed by atoms with Crippen LogP contribution in [0.2, 0.25) is 0 Å². The molecule has 0 radical (unpaired) electrons. The van der Waals surface area contributed by atoms with Crippen molar-refractivity contribution in [1.29, 1.82) is 0 Å². The number of fused-ring (bicyclic) bond motifs is 1. The van der Waals surface area contributed by atoms with E-state index in [2.05, 4.69) is 9.97 Å². The van der Waals surface area contributed by atoms with Crippen molar-refractivity contribution in [1.82, 2.24) is 14.9 Å². The zero-order valence-corrected chi connectivity index (χ0v) is 19.0. The Morgan fingerprint density at radius 3 is 2.75 bits per heavy atom. The van der Waals surface area contributed by atoms with Crippen molar-refractivity contribution in [2.24, 2.45) is 0 Å². The number of hydrogen-bond donors (Lipinski definition) is 0. The number of oxazole rings is 1. The first-order valence-electron chi connectivity index (χ1n) is 10.9. The Kier molecular flexibility index (Phi) is 5.66. The lowest BCUT2D eigenvalue weighted by Crippen LogP contribution is -2.39. The molecule has 5 rings (SSSR count). The number of hydrogen-bond acceptors (Lipinski definition) is 6. The van der Waals surface area contributed by atoms with Crippen LogP contribution >= 0.6 is 11.3 Å². The molecular formula is C25H25N3O3S. The molecule has 1 amide bonds. The number of aromatic nitrogens is 2. The van der Waals surface area contributed by atoms with Crippen LogP contribution in [0.4, 0.5) is 0 Å². The van der Waals surface area contributed by atoms with Crippen molar-refractivity contribution in [3.63, 3.8) is 0 Å². The summed E-state index contributed by atoms with van der Waals surface area (Å²) in [5.74, 6) is 1.61. The van der Waals surface area contributed by atoms with Gasteiger partial charge in [0.15, 0.2) is 11.5 Å². The van der Waals surface area contributed by atoms with Gasteiger partial charge in [-0.1, -0.05) is 12.1 Å². The van der Waals surface area contributed by atoms with Crippen LogP contribution in [-0.4, -0.2) is 40.0 Å². The molecule has 0 bridgehead atoms. The first-order valence-corrected chi connectivity index (χ1v) is 11.8. The molecule has 7 heteroatoms. The fourth-order valence-corrected chi connectivity index (χ4v) is 4.84. The first kappa shape index (κ1) is 20.7. The Labute approximate surface area is 190 Å². The summed E-state index contributed by atoms with van der Waals surface area (Å²) in [7, 11) is 0. The SMILES string of the molecule is CC(C)Oc1ccc(-c2nc(C(=O)N3CCCC(c4nc5ccccc5o4)C3)cs2)cc1. The molecule has 3 heterocycles. The number of carbonyl (C=O) groups excluding carboxylic acids is 1. The Balaban J connectivity index is 1.29. The van der Waals surface area contributed by atoms with Gasteiger partial charge in [-0.3, -0.25) is 4.79 Å². The first-order chi connectivity index (χ1) is 15.6. The normalized spacial score (nSPS) is 16.6. The highest BCUT2D eigenvalue weighted by Crippen LogP contribution is 2.31. The minimum atomic E-state index is -0.0342. The molecule has 1 unspecified atom stereocenters. The average molecular weight is 448 g/mol. The van der Waals surface area contributed by atoms with E-state index in [9.17, 15) is 4.79 Å². The standard InChI is InChI=1S/C25H25N3O3S/c1-16(2)30-19-11-9-17(10-12-19)24-27-21(15-32-24)25(29)28-13-5-6-18(14-28)23-26-20-7-3-4-8-22(20)31-23/h3-4,7-12,15-16,18H,5-6,13-14H2,1-2H3. The third kappa shape index (κ3) is 4.25. The van der Waals surface area contributed by atoms with Crippen molar-refractivity contribution in [2.45, 2.75) is 38.7 Å². The monoisotopic (exact) mass is 447 g/mol. The van der Waals surface area contributed by atoms with Gasteiger partial charge >= 0.3 is 0 Å². The van der Waals surface area contributed by atoms with Gasteiger partial charge in [0.2, 0.25) is 0 Å². The third-order valence-electron chi connectivity index (χ3n) is 5.56. The number of para-hydroxylation sites is 2. The number of thiazole rings is 1. The van der Waals surface area contributed by atoms with Gasteiger partial charge in [0, 0.05) is 24.0 Å². The molecule has 2 aromatic heterocycles. The van der Waals surface area contributed by atoms with Crippen LogP contribution < -0.4 is 4.74 Å². The number of carbonyl (C=O) groups is 1. The highest BCUT2D eigenvalue weighted by Gasteiger charge is 2.29. The fourth-order valence-electron chi connectivity index (χ4n) is 4.04. The van der Waals surface area contributed by atoms with Crippen molar-refractivity contribution >= 4 is 28.3 Å². The van der Waals surface area contributed by atoms with Crippen LogP contribution in [0.5, 0.6) is 5.75 Å². The van der Waals surface area contributed by atoms with Gasteiger partial charge in [-0.15, -0.1) is 11.3 Å². The Morgan fingerprint density at radius 1 is 1.16 bits per heavy atom. The molecule has 1 fully saturated rings. The Morgan fingerprint density at radius 2 is 1.97 bits per heavy atom. The molecule has 1 aliphatic rings. The van der Waals surface area contributed by atoms with E-state index in [0.717, 1.165) is 46.8 Å². The zero-order valence-electron chi connectivity index (χ0n) is 18.2. The largest absolute Gasteiger partial charge is 0.491 e. The maximum Gasteiger partial charge on any atom is 0.273 e. The van der Waals surface area contributed by atoms with E-state index in [1.54, 1.807) is 0 Å². The quantitative estimate of drug-likeness (QED) is 0.389. The predicted octanol–water partition coefficient (Wildman–Crippen LogP) is 5.76. The number of rotatable bonds is 5.